The van der Waals surface area contributed by atoms with Crippen molar-refractivity contribution >= 4 is 0 Å². The Balaban J connectivity index is 2.36. The Hall–Kier alpha value is -1.79. The number of halogens is 3. The van der Waals surface area contributed by atoms with Crippen LogP contribution in [0.1, 0.15) is 23.1 Å². The average Bonchev–Trinajstić information content (AvgIpc) is 2.85. The lowest BCUT2D eigenvalue weighted by Crippen LogP contribution is -2.17. The van der Waals surface area contributed by atoms with E-state index in [1.807, 2.05) is 0 Å². The van der Waals surface area contributed by atoms with Crippen LogP contribution in [0.15, 0.2) is 28.7 Å². The van der Waals surface area contributed by atoms with Crippen molar-refractivity contribution < 1.29 is 22.3 Å². The SMILES string of the molecule is CNC(c1cc(F)c(F)c(F)c1)c1ccc(COC)o1. The number of methoxy groups -OCH3 is 1. The van der Waals surface area contributed by atoms with Gasteiger partial charge in [-0.15, -0.1) is 0 Å². The van der Waals surface area contributed by atoms with Crippen LogP contribution in [-0.2, 0) is 11.3 Å². The maximum atomic E-state index is 13.3. The van der Waals surface area contributed by atoms with Crippen molar-refractivity contribution in [3.05, 3.63) is 58.8 Å². The average molecular weight is 285 g/mol. The molecule has 1 aromatic heterocycles. The van der Waals surface area contributed by atoms with E-state index >= 15 is 0 Å². The van der Waals surface area contributed by atoms with Gasteiger partial charge in [-0.1, -0.05) is 0 Å². The molecule has 0 aliphatic carbocycles. The van der Waals surface area contributed by atoms with Gasteiger partial charge in [0.25, 0.3) is 0 Å². The van der Waals surface area contributed by atoms with Crippen molar-refractivity contribution in [3.63, 3.8) is 0 Å². The van der Waals surface area contributed by atoms with Gasteiger partial charge in [-0.3, -0.25) is 0 Å². The fraction of sp³-hybridized carbons (Fsp3) is 0.286. The maximum Gasteiger partial charge on any atom is 0.194 e. The summed E-state index contributed by atoms with van der Waals surface area (Å²) in [5.74, 6) is -2.90. The summed E-state index contributed by atoms with van der Waals surface area (Å²) in [5, 5.41) is 2.87. The summed E-state index contributed by atoms with van der Waals surface area (Å²) in [6.45, 7) is 0.294. The minimum atomic E-state index is -1.48. The summed E-state index contributed by atoms with van der Waals surface area (Å²) in [7, 11) is 3.14. The molecule has 1 atom stereocenters. The minimum absolute atomic E-state index is 0.238. The zero-order valence-electron chi connectivity index (χ0n) is 11.0. The molecule has 1 aromatic carbocycles. The fourth-order valence-corrected chi connectivity index (χ4v) is 1.98. The van der Waals surface area contributed by atoms with Crippen molar-refractivity contribution in [3.8, 4) is 0 Å². The lowest BCUT2D eigenvalue weighted by molar-refractivity contribution is 0.162. The number of rotatable bonds is 5. The van der Waals surface area contributed by atoms with Gasteiger partial charge in [-0.2, -0.15) is 0 Å². The number of hydrogen-bond donors (Lipinski definition) is 1. The molecule has 0 amide bonds. The van der Waals surface area contributed by atoms with Crippen molar-refractivity contribution in [1.29, 1.82) is 0 Å². The molecule has 20 heavy (non-hydrogen) atoms. The summed E-state index contributed by atoms with van der Waals surface area (Å²) in [6, 6.07) is 4.69. The summed E-state index contributed by atoms with van der Waals surface area (Å²) in [6.07, 6.45) is 0. The zero-order chi connectivity index (χ0) is 14.7. The Morgan fingerprint density at radius 2 is 1.85 bits per heavy atom. The molecule has 0 saturated carbocycles. The van der Waals surface area contributed by atoms with E-state index in [4.69, 9.17) is 9.15 Å². The van der Waals surface area contributed by atoms with E-state index in [0.29, 0.717) is 18.1 Å². The van der Waals surface area contributed by atoms with Gasteiger partial charge in [-0.25, -0.2) is 13.2 Å². The predicted octanol–water partition coefficient (Wildman–Crippen LogP) is 3.15. The fourth-order valence-electron chi connectivity index (χ4n) is 1.98. The summed E-state index contributed by atoms with van der Waals surface area (Å²) < 4.78 is 50.0. The third-order valence-electron chi connectivity index (χ3n) is 2.88. The van der Waals surface area contributed by atoms with Gasteiger partial charge >= 0.3 is 0 Å². The minimum Gasteiger partial charge on any atom is -0.462 e. The molecule has 0 bridgehead atoms. The Morgan fingerprint density at radius 3 is 2.40 bits per heavy atom. The Labute approximate surface area is 114 Å². The van der Waals surface area contributed by atoms with Crippen molar-refractivity contribution in [2.75, 3.05) is 14.2 Å². The van der Waals surface area contributed by atoms with Crippen LogP contribution in [0.4, 0.5) is 13.2 Å². The first kappa shape index (κ1) is 14.6. The van der Waals surface area contributed by atoms with Crippen molar-refractivity contribution in [2.24, 2.45) is 0 Å². The van der Waals surface area contributed by atoms with E-state index < -0.39 is 23.5 Å². The number of hydrogen-bond acceptors (Lipinski definition) is 3. The predicted molar refractivity (Wildman–Crippen MR) is 66.6 cm³/mol. The maximum absolute atomic E-state index is 13.3. The van der Waals surface area contributed by atoms with Crippen LogP contribution >= 0.6 is 0 Å². The molecule has 0 saturated heterocycles. The molecule has 0 fully saturated rings. The summed E-state index contributed by atoms with van der Waals surface area (Å²) in [4.78, 5) is 0. The van der Waals surface area contributed by atoms with Gasteiger partial charge in [0.2, 0.25) is 0 Å². The van der Waals surface area contributed by atoms with E-state index in [0.717, 1.165) is 12.1 Å². The molecular weight excluding hydrogens is 271 g/mol. The van der Waals surface area contributed by atoms with Crippen LogP contribution in [0.2, 0.25) is 0 Å². The van der Waals surface area contributed by atoms with Crippen LogP contribution < -0.4 is 5.32 Å². The number of furan rings is 1. The third kappa shape index (κ3) is 2.86. The smallest absolute Gasteiger partial charge is 0.194 e. The Morgan fingerprint density at radius 1 is 1.20 bits per heavy atom. The number of ether oxygens (including phenoxy) is 1. The second-order valence-electron chi connectivity index (χ2n) is 4.26. The van der Waals surface area contributed by atoms with Crippen LogP contribution in [-0.4, -0.2) is 14.2 Å². The number of nitrogens with one attached hydrogen (secondary N) is 1. The molecule has 2 aromatic rings. The first-order valence-electron chi connectivity index (χ1n) is 5.96. The van der Waals surface area contributed by atoms with E-state index in [1.54, 1.807) is 19.2 Å². The molecule has 6 heteroatoms. The molecule has 1 N–H and O–H groups in total. The highest BCUT2D eigenvalue weighted by Crippen LogP contribution is 2.26. The molecular formula is C14H14F3NO2. The normalized spacial score (nSPS) is 12.7. The van der Waals surface area contributed by atoms with Crippen LogP contribution in [0.25, 0.3) is 0 Å². The quantitative estimate of drug-likeness (QED) is 0.857. The van der Waals surface area contributed by atoms with Crippen molar-refractivity contribution in [1.82, 2.24) is 5.32 Å². The van der Waals surface area contributed by atoms with Gasteiger partial charge in [-0.05, 0) is 36.9 Å². The van der Waals surface area contributed by atoms with Gasteiger partial charge in [0.1, 0.15) is 18.1 Å². The van der Waals surface area contributed by atoms with Gasteiger partial charge < -0.3 is 14.5 Å². The highest BCUT2D eigenvalue weighted by molar-refractivity contribution is 5.29. The second kappa shape index (κ2) is 6.11. The monoisotopic (exact) mass is 285 g/mol. The molecule has 2 rings (SSSR count). The third-order valence-corrected chi connectivity index (χ3v) is 2.88. The molecule has 3 nitrogen and oxygen atoms in total. The Kier molecular flexibility index (Phi) is 4.46. The van der Waals surface area contributed by atoms with Gasteiger partial charge in [0.05, 0.1) is 6.04 Å². The zero-order valence-corrected chi connectivity index (χ0v) is 11.0. The highest BCUT2D eigenvalue weighted by Gasteiger charge is 2.20. The molecule has 108 valence electrons. The molecule has 0 aliphatic heterocycles. The first-order valence-corrected chi connectivity index (χ1v) is 5.96. The topological polar surface area (TPSA) is 34.4 Å². The van der Waals surface area contributed by atoms with Crippen LogP contribution in [0, 0.1) is 17.5 Å². The largest absolute Gasteiger partial charge is 0.462 e. The van der Waals surface area contributed by atoms with Gasteiger partial charge in [0.15, 0.2) is 17.5 Å². The first-order chi connectivity index (χ1) is 9.56. The molecule has 0 aliphatic rings. The molecule has 0 spiro atoms. The summed E-state index contributed by atoms with van der Waals surface area (Å²) in [5.41, 5.74) is 0.238. The van der Waals surface area contributed by atoms with Crippen LogP contribution in [0.5, 0.6) is 0 Å². The molecule has 1 unspecified atom stereocenters. The summed E-state index contributed by atoms with van der Waals surface area (Å²) >= 11 is 0. The Bertz CT molecular complexity index is 575. The number of benzene rings is 1. The molecule has 1 heterocycles. The van der Waals surface area contributed by atoms with Crippen molar-refractivity contribution in [2.45, 2.75) is 12.6 Å². The lowest BCUT2D eigenvalue weighted by Gasteiger charge is -2.14. The van der Waals surface area contributed by atoms with E-state index in [1.165, 1.54) is 7.11 Å². The van der Waals surface area contributed by atoms with E-state index in [-0.39, 0.29) is 5.56 Å². The highest BCUT2D eigenvalue weighted by atomic mass is 19.2. The van der Waals surface area contributed by atoms with Gasteiger partial charge in [0, 0.05) is 7.11 Å². The van der Waals surface area contributed by atoms with E-state index in [9.17, 15) is 13.2 Å². The standard InChI is InChI=1S/C14H14F3NO2/c1-18-14(12-4-3-9(20-12)7-19-2)8-5-10(15)13(17)11(16)6-8/h3-6,14,18H,7H2,1-2H3. The van der Waals surface area contributed by atoms with E-state index in [2.05, 4.69) is 5.32 Å². The van der Waals surface area contributed by atoms with Crippen LogP contribution in [0.3, 0.4) is 0 Å². The lowest BCUT2D eigenvalue weighted by atomic mass is 10.0. The molecule has 0 radical (unpaired) electrons. The second-order valence-corrected chi connectivity index (χ2v) is 4.26.